The molecule has 0 fully saturated rings. The molecule has 4 aromatic rings. The van der Waals surface area contributed by atoms with Gasteiger partial charge >= 0.3 is 11.9 Å². The van der Waals surface area contributed by atoms with Crippen molar-refractivity contribution >= 4 is 11.9 Å². The molecule has 0 aromatic heterocycles. The maximum Gasteiger partial charge on any atom is 0.338 e. The third-order valence-corrected chi connectivity index (χ3v) is 5.72. The van der Waals surface area contributed by atoms with Crippen LogP contribution in [-0.2, 0) is 9.59 Å². The summed E-state index contributed by atoms with van der Waals surface area (Å²) in [6.45, 7) is 10.3. The predicted octanol–water partition coefficient (Wildman–Crippen LogP) is 6.99. The number of ether oxygens (including phenoxy) is 2. The summed E-state index contributed by atoms with van der Waals surface area (Å²) in [5, 5.41) is 0. The molecule has 208 valence electrons. The fraction of sp³-hybridized carbons (Fsp3) is 0.0526. The van der Waals surface area contributed by atoms with Gasteiger partial charge in [-0.2, -0.15) is 0 Å². The summed E-state index contributed by atoms with van der Waals surface area (Å²) in [6, 6.07) is 25.6. The maximum atomic E-state index is 14.8. The monoisotopic (exact) mass is 564 g/mol. The van der Waals surface area contributed by atoms with E-state index in [1.54, 1.807) is 68.4 Å². The standard InChI is InChI=1S/C38H25FO4/c1-26(2)37(40)42-34-10-7-8-30(24-34)18-16-28-12-14-29(15-13-28)17-19-31-20-21-32(35(39)25-31)22-23-33-9-5-6-11-36(33)43-38(41)27(3)4/h5-15,20-21,24-25H,1,3H2,2,4H3. The largest absolute Gasteiger partial charge is 0.423 e. The lowest BCUT2D eigenvalue weighted by Crippen LogP contribution is -2.09. The van der Waals surface area contributed by atoms with Gasteiger partial charge in [0.15, 0.2) is 0 Å². The molecule has 5 heteroatoms. The van der Waals surface area contributed by atoms with Crippen LogP contribution in [0.3, 0.4) is 0 Å². The SMILES string of the molecule is C=C(C)C(=O)Oc1cccc(C#Cc2ccc(C#Cc3ccc(C#Cc4ccccc4OC(=O)C(=C)C)c(F)c3)cc2)c1. The van der Waals surface area contributed by atoms with Gasteiger partial charge in [0, 0.05) is 33.4 Å². The third-order valence-electron chi connectivity index (χ3n) is 5.72. The fourth-order valence-electron chi connectivity index (χ4n) is 3.43. The molecule has 0 saturated heterocycles. The number of hydrogen-bond donors (Lipinski definition) is 0. The minimum absolute atomic E-state index is 0.189. The zero-order chi connectivity index (χ0) is 30.8. The van der Waals surface area contributed by atoms with E-state index in [1.165, 1.54) is 6.07 Å². The summed E-state index contributed by atoms with van der Waals surface area (Å²) >= 11 is 0. The first-order chi connectivity index (χ1) is 20.7. The molecule has 0 aliphatic rings. The van der Waals surface area contributed by atoms with Crippen molar-refractivity contribution in [2.45, 2.75) is 13.8 Å². The number of benzene rings is 4. The minimum Gasteiger partial charge on any atom is -0.423 e. The Balaban J connectivity index is 1.43. The lowest BCUT2D eigenvalue weighted by Gasteiger charge is -2.05. The Labute approximate surface area is 250 Å². The lowest BCUT2D eigenvalue weighted by molar-refractivity contribution is -0.130. The van der Waals surface area contributed by atoms with Crippen LogP contribution in [0.25, 0.3) is 0 Å². The van der Waals surface area contributed by atoms with Gasteiger partial charge in [-0.3, -0.25) is 0 Å². The van der Waals surface area contributed by atoms with Crippen molar-refractivity contribution in [2.24, 2.45) is 0 Å². The molecular weight excluding hydrogens is 539 g/mol. The van der Waals surface area contributed by atoms with Crippen molar-refractivity contribution in [3.05, 3.63) is 154 Å². The van der Waals surface area contributed by atoms with E-state index < -0.39 is 17.8 Å². The second-order valence-electron chi connectivity index (χ2n) is 9.39. The number of carbonyl (C=O) groups is 2. The second kappa shape index (κ2) is 14.0. The first kappa shape index (κ1) is 29.9. The maximum absolute atomic E-state index is 14.8. The van der Waals surface area contributed by atoms with Crippen LogP contribution in [0.4, 0.5) is 4.39 Å². The summed E-state index contributed by atoms with van der Waals surface area (Å²) in [5.74, 6) is 16.9. The quantitative estimate of drug-likeness (QED) is 0.116. The number of para-hydroxylation sites is 1. The zero-order valence-corrected chi connectivity index (χ0v) is 23.6. The van der Waals surface area contributed by atoms with Gasteiger partial charge in [0.2, 0.25) is 0 Å². The van der Waals surface area contributed by atoms with Crippen molar-refractivity contribution in [1.29, 1.82) is 0 Å². The number of rotatable bonds is 4. The van der Waals surface area contributed by atoms with Gasteiger partial charge in [-0.05, 0) is 86.6 Å². The predicted molar refractivity (Wildman–Crippen MR) is 165 cm³/mol. The van der Waals surface area contributed by atoms with Gasteiger partial charge in [0.1, 0.15) is 17.3 Å². The van der Waals surface area contributed by atoms with Crippen molar-refractivity contribution in [2.75, 3.05) is 0 Å². The molecule has 0 radical (unpaired) electrons. The highest BCUT2D eigenvalue weighted by atomic mass is 19.1. The number of hydrogen-bond acceptors (Lipinski definition) is 4. The number of esters is 2. The van der Waals surface area contributed by atoms with Crippen molar-refractivity contribution in [3.63, 3.8) is 0 Å². The molecule has 0 aliphatic carbocycles. The van der Waals surface area contributed by atoms with E-state index >= 15 is 0 Å². The van der Waals surface area contributed by atoms with E-state index in [-0.39, 0.29) is 16.9 Å². The smallest absolute Gasteiger partial charge is 0.338 e. The zero-order valence-electron chi connectivity index (χ0n) is 23.6. The Bertz CT molecular complexity index is 1930. The van der Waals surface area contributed by atoms with E-state index in [9.17, 15) is 14.0 Å². The van der Waals surface area contributed by atoms with Gasteiger partial charge < -0.3 is 9.47 Å². The molecular formula is C38H25FO4. The molecule has 0 bridgehead atoms. The molecule has 4 aromatic carbocycles. The van der Waals surface area contributed by atoms with Crippen LogP contribution in [0.15, 0.2) is 115 Å². The Kier molecular flexibility index (Phi) is 9.73. The summed E-state index contributed by atoms with van der Waals surface area (Å²) in [6.07, 6.45) is 0. The molecule has 0 atom stereocenters. The van der Waals surface area contributed by atoms with E-state index in [4.69, 9.17) is 9.47 Å². The molecule has 0 unspecified atom stereocenters. The second-order valence-corrected chi connectivity index (χ2v) is 9.39. The summed E-state index contributed by atoms with van der Waals surface area (Å²) in [7, 11) is 0. The van der Waals surface area contributed by atoms with Gasteiger partial charge in [-0.15, -0.1) is 0 Å². The number of halogens is 1. The normalized spacial score (nSPS) is 9.56. The van der Waals surface area contributed by atoms with Crippen LogP contribution in [0.5, 0.6) is 11.5 Å². The van der Waals surface area contributed by atoms with Crippen LogP contribution in [0, 0.1) is 41.3 Å². The van der Waals surface area contributed by atoms with E-state index in [0.717, 1.165) is 11.1 Å². The van der Waals surface area contributed by atoms with Crippen molar-refractivity contribution in [1.82, 2.24) is 0 Å². The highest BCUT2D eigenvalue weighted by molar-refractivity contribution is 5.89. The van der Waals surface area contributed by atoms with Crippen LogP contribution in [-0.4, -0.2) is 11.9 Å². The average molecular weight is 565 g/mol. The summed E-state index contributed by atoms with van der Waals surface area (Å²) < 4.78 is 25.3. The van der Waals surface area contributed by atoms with Crippen LogP contribution in [0.1, 0.15) is 47.2 Å². The van der Waals surface area contributed by atoms with E-state index in [0.29, 0.717) is 28.0 Å². The molecule has 0 N–H and O–H groups in total. The molecule has 0 spiro atoms. The highest BCUT2D eigenvalue weighted by Gasteiger charge is 2.09. The van der Waals surface area contributed by atoms with E-state index in [2.05, 4.69) is 48.7 Å². The van der Waals surface area contributed by atoms with Crippen LogP contribution >= 0.6 is 0 Å². The van der Waals surface area contributed by atoms with E-state index in [1.807, 2.05) is 30.3 Å². The Hall–Kier alpha value is -6.09. The van der Waals surface area contributed by atoms with Gasteiger partial charge in [-0.25, -0.2) is 14.0 Å². The molecule has 0 aliphatic heterocycles. The van der Waals surface area contributed by atoms with Gasteiger partial charge in [0.05, 0.1) is 11.1 Å². The molecule has 0 amide bonds. The molecule has 0 saturated carbocycles. The minimum atomic E-state index is -0.558. The first-order valence-corrected chi connectivity index (χ1v) is 13.1. The Morgan fingerprint density at radius 3 is 1.74 bits per heavy atom. The Morgan fingerprint density at radius 1 is 0.581 bits per heavy atom. The molecule has 0 heterocycles. The lowest BCUT2D eigenvalue weighted by atomic mass is 10.1. The first-order valence-electron chi connectivity index (χ1n) is 13.1. The molecule has 43 heavy (non-hydrogen) atoms. The van der Waals surface area contributed by atoms with Gasteiger partial charge in [-0.1, -0.05) is 66.9 Å². The average Bonchev–Trinajstić information content (AvgIpc) is 2.99. The number of carbonyl (C=O) groups excluding carboxylic acids is 2. The molecule has 4 rings (SSSR count). The topological polar surface area (TPSA) is 52.6 Å². The van der Waals surface area contributed by atoms with Gasteiger partial charge in [0.25, 0.3) is 0 Å². The van der Waals surface area contributed by atoms with Crippen LogP contribution < -0.4 is 9.47 Å². The van der Waals surface area contributed by atoms with Crippen molar-refractivity contribution in [3.8, 4) is 47.0 Å². The van der Waals surface area contributed by atoms with Crippen molar-refractivity contribution < 1.29 is 23.5 Å². The summed E-state index contributed by atoms with van der Waals surface area (Å²) in [5.41, 5.74) is 3.93. The Morgan fingerprint density at radius 2 is 1.12 bits per heavy atom. The van der Waals surface area contributed by atoms with Crippen LogP contribution in [0.2, 0.25) is 0 Å². The summed E-state index contributed by atoms with van der Waals surface area (Å²) in [4.78, 5) is 23.6. The third kappa shape index (κ3) is 8.70. The highest BCUT2D eigenvalue weighted by Crippen LogP contribution is 2.19. The molecule has 4 nitrogen and oxygen atoms in total. The fourth-order valence-corrected chi connectivity index (χ4v) is 3.43.